The molecular formula is C48H30Br2. The van der Waals surface area contributed by atoms with Crippen molar-refractivity contribution in [2.45, 2.75) is 0 Å². The van der Waals surface area contributed by atoms with Gasteiger partial charge in [0.1, 0.15) is 0 Å². The minimum absolute atomic E-state index is 1.06. The topological polar surface area (TPSA) is 0 Å². The third kappa shape index (κ3) is 5.28. The van der Waals surface area contributed by atoms with Gasteiger partial charge in [-0.15, -0.1) is 0 Å². The molecular weight excluding hydrogens is 736 g/mol. The van der Waals surface area contributed by atoms with Crippen LogP contribution in [0.5, 0.6) is 0 Å². The Labute approximate surface area is 308 Å². The zero-order valence-corrected chi connectivity index (χ0v) is 30.2. The number of benzene rings is 9. The highest BCUT2D eigenvalue weighted by Gasteiger charge is 2.24. The first-order valence-electron chi connectivity index (χ1n) is 16.8. The van der Waals surface area contributed by atoms with Crippen LogP contribution in [0.3, 0.4) is 0 Å². The van der Waals surface area contributed by atoms with E-state index in [-0.39, 0.29) is 0 Å². The van der Waals surface area contributed by atoms with Gasteiger partial charge < -0.3 is 0 Å². The first-order valence-corrected chi connectivity index (χ1v) is 18.4. The molecule has 0 saturated carbocycles. The molecule has 0 radical (unpaired) electrons. The largest absolute Gasteiger partial charge is 0.0622 e. The molecule has 50 heavy (non-hydrogen) atoms. The zero-order valence-electron chi connectivity index (χ0n) is 27.1. The van der Waals surface area contributed by atoms with Crippen molar-refractivity contribution >= 4 is 64.2 Å². The molecule has 0 aliphatic carbocycles. The summed E-state index contributed by atoms with van der Waals surface area (Å²) in [6.07, 6.45) is 0. The highest BCUT2D eigenvalue weighted by molar-refractivity contribution is 9.10. The van der Waals surface area contributed by atoms with Crippen molar-refractivity contribution in [2.24, 2.45) is 0 Å². The van der Waals surface area contributed by atoms with Gasteiger partial charge in [-0.05, 0) is 118 Å². The number of hydrogen-bond donors (Lipinski definition) is 0. The molecule has 0 aliphatic heterocycles. The monoisotopic (exact) mass is 764 g/mol. The van der Waals surface area contributed by atoms with E-state index in [1.54, 1.807) is 0 Å². The summed E-state index contributed by atoms with van der Waals surface area (Å²) in [5.74, 6) is 0. The Bertz CT molecular complexity index is 2680. The van der Waals surface area contributed by atoms with Gasteiger partial charge in [-0.1, -0.05) is 184 Å². The van der Waals surface area contributed by atoms with Crippen LogP contribution in [-0.2, 0) is 0 Å². The number of rotatable bonds is 5. The van der Waals surface area contributed by atoms with E-state index in [1.165, 1.54) is 88.0 Å². The van der Waals surface area contributed by atoms with Crippen LogP contribution in [0.1, 0.15) is 0 Å². The Kier molecular flexibility index (Phi) is 7.92. The minimum Gasteiger partial charge on any atom is -0.0622 e. The molecule has 0 heterocycles. The standard InChI is InChI=1S/C48H30Br2/c49-35-24-26-38-39-27-25-36(50)29-43(39)48-46(34-20-11-4-12-21-34)44(30-41(47(48)42(38)28-35)32-16-7-2-8-17-32)40-23-13-22-37(31-14-5-1-6-15-31)45(40)33-18-9-3-10-19-33/h1-30H. The van der Waals surface area contributed by atoms with E-state index in [0.717, 1.165) is 8.95 Å². The summed E-state index contributed by atoms with van der Waals surface area (Å²) >= 11 is 7.72. The molecule has 0 amide bonds. The second kappa shape index (κ2) is 12.9. The predicted molar refractivity (Wildman–Crippen MR) is 222 cm³/mol. The fourth-order valence-electron chi connectivity index (χ4n) is 7.66. The Hall–Kier alpha value is -5.28. The fraction of sp³-hybridized carbons (Fsp3) is 0. The van der Waals surface area contributed by atoms with Crippen LogP contribution in [-0.4, -0.2) is 0 Å². The van der Waals surface area contributed by atoms with E-state index in [2.05, 4.69) is 214 Å². The molecule has 0 aromatic heterocycles. The molecule has 236 valence electrons. The average Bonchev–Trinajstić information content (AvgIpc) is 3.18. The zero-order chi connectivity index (χ0) is 33.6. The molecule has 9 aromatic carbocycles. The summed E-state index contributed by atoms with van der Waals surface area (Å²) in [5, 5.41) is 7.43. The second-order valence-electron chi connectivity index (χ2n) is 12.7. The van der Waals surface area contributed by atoms with Crippen molar-refractivity contribution in [3.05, 3.63) is 191 Å². The molecule has 0 aliphatic rings. The molecule has 0 fully saturated rings. The molecule has 9 aromatic rings. The van der Waals surface area contributed by atoms with Crippen molar-refractivity contribution in [3.8, 4) is 55.6 Å². The smallest absolute Gasteiger partial charge is 0.0181 e. The van der Waals surface area contributed by atoms with E-state index < -0.39 is 0 Å². The molecule has 2 heteroatoms. The van der Waals surface area contributed by atoms with E-state index in [9.17, 15) is 0 Å². The molecule has 0 spiro atoms. The molecule has 0 nitrogen and oxygen atoms in total. The Balaban J connectivity index is 1.56. The normalized spacial score (nSPS) is 11.4. The van der Waals surface area contributed by atoms with E-state index in [1.807, 2.05) is 0 Å². The number of halogens is 2. The Morgan fingerprint density at radius 1 is 0.260 bits per heavy atom. The van der Waals surface area contributed by atoms with E-state index in [0.29, 0.717) is 0 Å². The number of hydrogen-bond acceptors (Lipinski definition) is 0. The molecule has 0 unspecified atom stereocenters. The fourth-order valence-corrected chi connectivity index (χ4v) is 8.38. The third-order valence-electron chi connectivity index (χ3n) is 9.77. The van der Waals surface area contributed by atoms with Crippen molar-refractivity contribution in [2.75, 3.05) is 0 Å². The van der Waals surface area contributed by atoms with Gasteiger partial charge in [0.25, 0.3) is 0 Å². The molecule has 0 saturated heterocycles. The highest BCUT2D eigenvalue weighted by atomic mass is 79.9. The van der Waals surface area contributed by atoms with Crippen LogP contribution in [0.2, 0.25) is 0 Å². The van der Waals surface area contributed by atoms with Crippen LogP contribution >= 0.6 is 31.9 Å². The molecule has 9 rings (SSSR count). The molecule has 0 N–H and O–H groups in total. The minimum atomic E-state index is 1.06. The van der Waals surface area contributed by atoms with Gasteiger partial charge in [0, 0.05) is 8.95 Å². The Morgan fingerprint density at radius 3 is 1.24 bits per heavy atom. The SMILES string of the molecule is Brc1ccc2c3ccc(Br)cc3c3c(-c4ccccc4)c(-c4cccc(-c5ccccc5)c4-c4ccccc4)cc(-c4ccccc4)c3c2c1. The van der Waals surface area contributed by atoms with Gasteiger partial charge in [-0.3, -0.25) is 0 Å². The van der Waals surface area contributed by atoms with Crippen LogP contribution in [0.15, 0.2) is 191 Å². The summed E-state index contributed by atoms with van der Waals surface area (Å²) in [5.41, 5.74) is 12.1. The summed E-state index contributed by atoms with van der Waals surface area (Å²) < 4.78 is 2.12. The van der Waals surface area contributed by atoms with Crippen LogP contribution in [0.4, 0.5) is 0 Å². The summed E-state index contributed by atoms with van der Waals surface area (Å²) in [4.78, 5) is 0. The van der Waals surface area contributed by atoms with Crippen molar-refractivity contribution in [3.63, 3.8) is 0 Å². The second-order valence-corrected chi connectivity index (χ2v) is 14.5. The van der Waals surface area contributed by atoms with Gasteiger partial charge in [0.05, 0.1) is 0 Å². The maximum atomic E-state index is 3.87. The maximum absolute atomic E-state index is 3.87. The first-order chi connectivity index (χ1) is 24.7. The lowest BCUT2D eigenvalue weighted by atomic mass is 9.79. The highest BCUT2D eigenvalue weighted by Crippen LogP contribution is 2.52. The van der Waals surface area contributed by atoms with Crippen molar-refractivity contribution < 1.29 is 0 Å². The number of fused-ring (bicyclic) bond motifs is 6. The predicted octanol–water partition coefficient (Wildman–Crippen LogP) is 15.0. The summed E-state index contributed by atoms with van der Waals surface area (Å²) in [6, 6.07) is 66.2. The van der Waals surface area contributed by atoms with Gasteiger partial charge in [-0.25, -0.2) is 0 Å². The lowest BCUT2D eigenvalue weighted by Crippen LogP contribution is -1.97. The summed E-state index contributed by atoms with van der Waals surface area (Å²) in [7, 11) is 0. The van der Waals surface area contributed by atoms with E-state index in [4.69, 9.17) is 0 Å². The average molecular weight is 767 g/mol. The van der Waals surface area contributed by atoms with E-state index >= 15 is 0 Å². The van der Waals surface area contributed by atoms with Gasteiger partial charge in [-0.2, -0.15) is 0 Å². The van der Waals surface area contributed by atoms with Crippen molar-refractivity contribution in [1.82, 2.24) is 0 Å². The Morgan fingerprint density at radius 2 is 0.700 bits per heavy atom. The third-order valence-corrected chi connectivity index (χ3v) is 10.8. The van der Waals surface area contributed by atoms with Gasteiger partial charge in [0.2, 0.25) is 0 Å². The first kappa shape index (κ1) is 30.8. The van der Waals surface area contributed by atoms with Crippen LogP contribution in [0, 0.1) is 0 Å². The van der Waals surface area contributed by atoms with Gasteiger partial charge >= 0.3 is 0 Å². The lowest BCUT2D eigenvalue weighted by Gasteiger charge is -2.24. The van der Waals surface area contributed by atoms with Gasteiger partial charge in [0.15, 0.2) is 0 Å². The molecule has 0 bridgehead atoms. The maximum Gasteiger partial charge on any atom is 0.0181 e. The molecule has 0 atom stereocenters. The van der Waals surface area contributed by atoms with Crippen molar-refractivity contribution in [1.29, 1.82) is 0 Å². The lowest BCUT2D eigenvalue weighted by molar-refractivity contribution is 1.56. The van der Waals surface area contributed by atoms with Crippen LogP contribution < -0.4 is 0 Å². The van der Waals surface area contributed by atoms with Crippen LogP contribution in [0.25, 0.3) is 88.0 Å². The quantitative estimate of drug-likeness (QED) is 0.153. The summed E-state index contributed by atoms with van der Waals surface area (Å²) in [6.45, 7) is 0.